The van der Waals surface area contributed by atoms with Crippen molar-refractivity contribution in [3.63, 3.8) is 0 Å². The molecule has 0 atom stereocenters. The summed E-state index contributed by atoms with van der Waals surface area (Å²) in [5.41, 5.74) is 7.06. The molecule has 0 radical (unpaired) electrons. The molecule has 3 nitrogen and oxygen atoms in total. The largest absolute Gasteiger partial charge is 0.398 e. The summed E-state index contributed by atoms with van der Waals surface area (Å²) < 4.78 is 2.35. The number of nitrogen functional groups attached to an aromatic ring is 1. The SMILES string of the molecule is CC.Nc1ccc(-n2ccccc2=O)cc1Br. The van der Waals surface area contributed by atoms with E-state index in [1.165, 1.54) is 6.07 Å². The number of nitrogens with zero attached hydrogens (tertiary/aromatic N) is 1. The van der Waals surface area contributed by atoms with Crippen LogP contribution in [0.15, 0.2) is 51.9 Å². The van der Waals surface area contributed by atoms with E-state index in [0.29, 0.717) is 5.69 Å². The van der Waals surface area contributed by atoms with Gasteiger partial charge in [0.25, 0.3) is 5.56 Å². The van der Waals surface area contributed by atoms with Crippen LogP contribution < -0.4 is 11.3 Å². The Balaban J connectivity index is 0.000000686. The van der Waals surface area contributed by atoms with E-state index in [1.54, 1.807) is 22.9 Å². The lowest BCUT2D eigenvalue weighted by molar-refractivity contribution is 0.990. The van der Waals surface area contributed by atoms with Crippen LogP contribution >= 0.6 is 15.9 Å². The van der Waals surface area contributed by atoms with Crippen molar-refractivity contribution in [3.05, 3.63) is 57.4 Å². The van der Waals surface area contributed by atoms with Crippen LogP contribution in [0.25, 0.3) is 5.69 Å². The molecule has 2 N–H and O–H groups in total. The van der Waals surface area contributed by atoms with Crippen molar-refractivity contribution in [2.75, 3.05) is 5.73 Å². The molecule has 17 heavy (non-hydrogen) atoms. The van der Waals surface area contributed by atoms with Gasteiger partial charge >= 0.3 is 0 Å². The summed E-state index contributed by atoms with van der Waals surface area (Å²) in [5, 5.41) is 0. The summed E-state index contributed by atoms with van der Waals surface area (Å²) in [4.78, 5) is 11.5. The van der Waals surface area contributed by atoms with E-state index in [2.05, 4.69) is 15.9 Å². The molecule has 0 spiro atoms. The summed E-state index contributed by atoms with van der Waals surface area (Å²) in [6, 6.07) is 10.4. The first kappa shape index (κ1) is 13.5. The van der Waals surface area contributed by atoms with Crippen molar-refractivity contribution in [1.82, 2.24) is 4.57 Å². The van der Waals surface area contributed by atoms with E-state index in [4.69, 9.17) is 5.73 Å². The number of anilines is 1. The van der Waals surface area contributed by atoms with Gasteiger partial charge in [-0.3, -0.25) is 9.36 Å². The number of rotatable bonds is 1. The first-order valence-electron chi connectivity index (χ1n) is 5.41. The third-order valence-electron chi connectivity index (χ3n) is 2.08. The van der Waals surface area contributed by atoms with Crippen molar-refractivity contribution in [2.45, 2.75) is 13.8 Å². The quantitative estimate of drug-likeness (QED) is 0.821. The normalized spacial score (nSPS) is 9.35. The summed E-state index contributed by atoms with van der Waals surface area (Å²) in [7, 11) is 0. The Morgan fingerprint density at radius 2 is 1.88 bits per heavy atom. The molecule has 2 rings (SSSR count). The molecule has 0 aliphatic rings. The molecule has 0 fully saturated rings. The number of halogens is 1. The van der Waals surface area contributed by atoms with Crippen molar-refractivity contribution < 1.29 is 0 Å². The standard InChI is InChI=1S/C11H9BrN2O.C2H6/c12-9-7-8(4-5-10(9)13)14-6-2-1-3-11(14)15;1-2/h1-7H,13H2;1-2H3. The van der Waals surface area contributed by atoms with Gasteiger partial charge in [-0.05, 0) is 40.2 Å². The van der Waals surface area contributed by atoms with Crippen LogP contribution in [-0.4, -0.2) is 4.57 Å². The van der Waals surface area contributed by atoms with Crippen LogP contribution in [-0.2, 0) is 0 Å². The van der Waals surface area contributed by atoms with E-state index >= 15 is 0 Å². The summed E-state index contributed by atoms with van der Waals surface area (Å²) >= 11 is 3.33. The van der Waals surface area contributed by atoms with Gasteiger partial charge in [0.1, 0.15) is 0 Å². The highest BCUT2D eigenvalue weighted by atomic mass is 79.9. The minimum atomic E-state index is -0.0610. The van der Waals surface area contributed by atoms with Gasteiger partial charge in [0.2, 0.25) is 0 Å². The smallest absolute Gasteiger partial charge is 0.255 e. The summed E-state index contributed by atoms with van der Waals surface area (Å²) in [6.07, 6.45) is 1.72. The van der Waals surface area contributed by atoms with Crippen LogP contribution in [0, 0.1) is 0 Å². The lowest BCUT2D eigenvalue weighted by Gasteiger charge is -2.06. The van der Waals surface area contributed by atoms with Crippen molar-refractivity contribution in [1.29, 1.82) is 0 Å². The molecule has 1 heterocycles. The predicted molar refractivity (Wildman–Crippen MR) is 75.5 cm³/mol. The lowest BCUT2D eigenvalue weighted by atomic mass is 10.3. The second kappa shape index (κ2) is 6.25. The molecule has 90 valence electrons. The highest BCUT2D eigenvalue weighted by molar-refractivity contribution is 9.10. The fourth-order valence-electron chi connectivity index (χ4n) is 1.31. The third kappa shape index (κ3) is 3.20. The van der Waals surface area contributed by atoms with Crippen molar-refractivity contribution >= 4 is 21.6 Å². The summed E-state index contributed by atoms with van der Waals surface area (Å²) in [5.74, 6) is 0. The molecule has 0 aliphatic carbocycles. The monoisotopic (exact) mass is 294 g/mol. The van der Waals surface area contributed by atoms with Gasteiger partial charge < -0.3 is 5.73 Å². The van der Waals surface area contributed by atoms with Crippen LogP contribution in [0.5, 0.6) is 0 Å². The molecule has 0 saturated heterocycles. The zero-order valence-corrected chi connectivity index (χ0v) is 11.4. The summed E-state index contributed by atoms with van der Waals surface area (Å²) in [6.45, 7) is 4.00. The van der Waals surface area contributed by atoms with Crippen LogP contribution in [0.2, 0.25) is 0 Å². The molecule has 0 aliphatic heterocycles. The van der Waals surface area contributed by atoms with E-state index in [9.17, 15) is 4.79 Å². The van der Waals surface area contributed by atoms with E-state index < -0.39 is 0 Å². The number of hydrogen-bond acceptors (Lipinski definition) is 2. The Morgan fingerprint density at radius 3 is 2.47 bits per heavy atom. The van der Waals surface area contributed by atoms with Crippen molar-refractivity contribution in [3.8, 4) is 5.69 Å². The molecular formula is C13H15BrN2O. The Labute approximate surface area is 109 Å². The van der Waals surface area contributed by atoms with E-state index in [1.807, 2.05) is 32.0 Å². The van der Waals surface area contributed by atoms with Gasteiger partial charge in [-0.25, -0.2) is 0 Å². The fraction of sp³-hybridized carbons (Fsp3) is 0.154. The van der Waals surface area contributed by atoms with Gasteiger partial charge in [-0.1, -0.05) is 19.9 Å². The average Bonchev–Trinajstić information content (AvgIpc) is 2.36. The molecule has 1 aromatic heterocycles. The Morgan fingerprint density at radius 1 is 1.18 bits per heavy atom. The maximum atomic E-state index is 11.5. The highest BCUT2D eigenvalue weighted by Gasteiger charge is 2.00. The topological polar surface area (TPSA) is 48.0 Å². The van der Waals surface area contributed by atoms with Gasteiger partial charge in [-0.15, -0.1) is 0 Å². The second-order valence-electron chi connectivity index (χ2n) is 3.11. The van der Waals surface area contributed by atoms with Crippen LogP contribution in [0.4, 0.5) is 5.69 Å². The van der Waals surface area contributed by atoms with Crippen LogP contribution in [0.3, 0.4) is 0 Å². The molecule has 0 bridgehead atoms. The molecule has 1 aromatic carbocycles. The molecule has 0 unspecified atom stereocenters. The zero-order chi connectivity index (χ0) is 12.8. The third-order valence-corrected chi connectivity index (χ3v) is 2.77. The molecule has 0 amide bonds. The Hall–Kier alpha value is -1.55. The fourth-order valence-corrected chi connectivity index (χ4v) is 1.67. The Kier molecular flexibility index (Phi) is 4.97. The molecule has 2 aromatic rings. The molecular weight excluding hydrogens is 280 g/mol. The number of hydrogen-bond donors (Lipinski definition) is 1. The maximum Gasteiger partial charge on any atom is 0.255 e. The van der Waals surface area contributed by atoms with Gasteiger partial charge in [0.15, 0.2) is 0 Å². The van der Waals surface area contributed by atoms with Gasteiger partial charge in [0.05, 0.1) is 0 Å². The minimum Gasteiger partial charge on any atom is -0.398 e. The number of pyridine rings is 1. The zero-order valence-electron chi connectivity index (χ0n) is 9.85. The maximum absolute atomic E-state index is 11.5. The first-order chi connectivity index (χ1) is 8.18. The number of benzene rings is 1. The van der Waals surface area contributed by atoms with E-state index in [0.717, 1.165) is 10.2 Å². The first-order valence-corrected chi connectivity index (χ1v) is 6.21. The Bertz CT molecular complexity index is 549. The number of nitrogens with two attached hydrogens (primary N) is 1. The predicted octanol–water partition coefficient (Wildman–Crippen LogP) is 3.21. The molecule has 4 heteroatoms. The van der Waals surface area contributed by atoms with Gasteiger partial charge in [-0.2, -0.15) is 0 Å². The highest BCUT2D eigenvalue weighted by Crippen LogP contribution is 2.21. The van der Waals surface area contributed by atoms with Crippen molar-refractivity contribution in [2.24, 2.45) is 0 Å². The van der Waals surface area contributed by atoms with E-state index in [-0.39, 0.29) is 5.56 Å². The van der Waals surface area contributed by atoms with Crippen LogP contribution in [0.1, 0.15) is 13.8 Å². The average molecular weight is 295 g/mol. The number of aromatic nitrogens is 1. The minimum absolute atomic E-state index is 0.0610. The molecule has 0 saturated carbocycles. The van der Waals surface area contributed by atoms with Gasteiger partial charge in [0, 0.05) is 28.1 Å². The second-order valence-corrected chi connectivity index (χ2v) is 3.97. The lowest BCUT2D eigenvalue weighted by Crippen LogP contribution is -2.15.